The minimum atomic E-state index is -3.79. The maximum atomic E-state index is 13.5. The maximum absolute atomic E-state index is 13.5. The number of anilines is 1. The summed E-state index contributed by atoms with van der Waals surface area (Å²) in [6.45, 7) is 7.16. The van der Waals surface area contributed by atoms with Gasteiger partial charge in [0, 0.05) is 17.6 Å². The SMILES string of the molecule is CC[C@H](C)NC(=O)[C@H](C)N(Cc1cccc(C)c1)C(=O)CN(c1cccc(Cl)c1)S(C)(=O)=O. The molecule has 0 bridgehead atoms. The molecule has 0 aliphatic heterocycles. The maximum Gasteiger partial charge on any atom is 0.244 e. The lowest BCUT2D eigenvalue weighted by atomic mass is 10.1. The third kappa shape index (κ3) is 7.75. The van der Waals surface area contributed by atoms with Crippen molar-refractivity contribution in [2.24, 2.45) is 0 Å². The van der Waals surface area contributed by atoms with Crippen LogP contribution in [0.3, 0.4) is 0 Å². The Morgan fingerprint density at radius 3 is 2.33 bits per heavy atom. The van der Waals surface area contributed by atoms with Crippen molar-refractivity contribution < 1.29 is 18.0 Å². The Balaban J connectivity index is 2.38. The molecule has 0 saturated heterocycles. The minimum absolute atomic E-state index is 0.0464. The van der Waals surface area contributed by atoms with E-state index in [9.17, 15) is 18.0 Å². The molecular formula is C24H32ClN3O4S. The Hall–Kier alpha value is -2.58. The van der Waals surface area contributed by atoms with Crippen LogP contribution in [-0.2, 0) is 26.2 Å². The zero-order valence-electron chi connectivity index (χ0n) is 19.7. The molecule has 9 heteroatoms. The van der Waals surface area contributed by atoms with Crippen molar-refractivity contribution in [3.8, 4) is 0 Å². The second-order valence-corrected chi connectivity index (χ2v) is 10.6. The van der Waals surface area contributed by atoms with Gasteiger partial charge in [-0.15, -0.1) is 0 Å². The Kier molecular flexibility index (Phi) is 9.31. The molecule has 33 heavy (non-hydrogen) atoms. The van der Waals surface area contributed by atoms with Gasteiger partial charge in [0.15, 0.2) is 0 Å². The number of halogens is 1. The molecule has 0 aliphatic carbocycles. The molecule has 2 amide bonds. The highest BCUT2D eigenvalue weighted by atomic mass is 35.5. The van der Waals surface area contributed by atoms with Crippen molar-refractivity contribution in [1.82, 2.24) is 10.2 Å². The van der Waals surface area contributed by atoms with E-state index in [1.807, 2.05) is 45.0 Å². The third-order valence-electron chi connectivity index (χ3n) is 5.38. The highest BCUT2D eigenvalue weighted by Crippen LogP contribution is 2.22. The van der Waals surface area contributed by atoms with Crippen LogP contribution in [0.1, 0.15) is 38.3 Å². The van der Waals surface area contributed by atoms with Gasteiger partial charge in [-0.1, -0.05) is 54.4 Å². The number of amides is 2. The molecule has 180 valence electrons. The molecule has 0 aromatic heterocycles. The Morgan fingerprint density at radius 1 is 1.09 bits per heavy atom. The van der Waals surface area contributed by atoms with Crippen LogP contribution in [0.25, 0.3) is 0 Å². The van der Waals surface area contributed by atoms with E-state index in [4.69, 9.17) is 11.6 Å². The zero-order valence-corrected chi connectivity index (χ0v) is 21.3. The fourth-order valence-corrected chi connectivity index (χ4v) is 4.33. The summed E-state index contributed by atoms with van der Waals surface area (Å²) in [4.78, 5) is 27.7. The predicted octanol–water partition coefficient (Wildman–Crippen LogP) is 3.75. The fourth-order valence-electron chi connectivity index (χ4n) is 3.30. The smallest absolute Gasteiger partial charge is 0.244 e. The topological polar surface area (TPSA) is 86.8 Å². The number of sulfonamides is 1. The van der Waals surface area contributed by atoms with Crippen molar-refractivity contribution >= 4 is 39.1 Å². The van der Waals surface area contributed by atoms with Gasteiger partial charge < -0.3 is 10.2 Å². The second-order valence-electron chi connectivity index (χ2n) is 8.25. The van der Waals surface area contributed by atoms with E-state index in [-0.39, 0.29) is 24.2 Å². The van der Waals surface area contributed by atoms with Crippen LogP contribution >= 0.6 is 11.6 Å². The first kappa shape index (κ1) is 26.7. The fraction of sp³-hybridized carbons (Fsp3) is 0.417. The van der Waals surface area contributed by atoms with Crippen LogP contribution in [0.4, 0.5) is 5.69 Å². The molecule has 0 aliphatic rings. The van der Waals surface area contributed by atoms with Gasteiger partial charge in [-0.25, -0.2) is 8.42 Å². The molecule has 2 rings (SSSR count). The lowest BCUT2D eigenvalue weighted by Gasteiger charge is -2.32. The number of carbonyl (C=O) groups excluding carboxylic acids is 2. The van der Waals surface area contributed by atoms with Gasteiger partial charge in [0.2, 0.25) is 21.8 Å². The van der Waals surface area contributed by atoms with Gasteiger partial charge in [0.1, 0.15) is 12.6 Å². The first-order valence-corrected chi connectivity index (χ1v) is 13.0. The molecule has 0 saturated carbocycles. The minimum Gasteiger partial charge on any atom is -0.352 e. The molecule has 7 nitrogen and oxygen atoms in total. The summed E-state index contributed by atoms with van der Waals surface area (Å²) in [5, 5.41) is 3.26. The number of hydrogen-bond acceptors (Lipinski definition) is 4. The predicted molar refractivity (Wildman–Crippen MR) is 133 cm³/mol. The van der Waals surface area contributed by atoms with E-state index >= 15 is 0 Å². The van der Waals surface area contributed by atoms with Crippen LogP contribution in [0.15, 0.2) is 48.5 Å². The molecule has 1 N–H and O–H groups in total. The summed E-state index contributed by atoms with van der Waals surface area (Å²) >= 11 is 6.04. The van der Waals surface area contributed by atoms with E-state index < -0.39 is 28.5 Å². The largest absolute Gasteiger partial charge is 0.352 e. The summed E-state index contributed by atoms with van der Waals surface area (Å²) < 4.78 is 26.1. The number of nitrogens with one attached hydrogen (secondary N) is 1. The van der Waals surface area contributed by atoms with Gasteiger partial charge in [-0.05, 0) is 51.0 Å². The summed E-state index contributed by atoms with van der Waals surface area (Å²) in [6, 6.07) is 13.1. The van der Waals surface area contributed by atoms with Crippen molar-refractivity contribution in [3.63, 3.8) is 0 Å². The van der Waals surface area contributed by atoms with Crippen molar-refractivity contribution in [1.29, 1.82) is 0 Å². The lowest BCUT2D eigenvalue weighted by Crippen LogP contribution is -2.52. The molecule has 0 unspecified atom stereocenters. The second kappa shape index (κ2) is 11.5. The van der Waals surface area contributed by atoms with E-state index in [2.05, 4.69) is 5.32 Å². The Morgan fingerprint density at radius 2 is 1.76 bits per heavy atom. The highest BCUT2D eigenvalue weighted by Gasteiger charge is 2.30. The molecule has 2 aromatic rings. The summed E-state index contributed by atoms with van der Waals surface area (Å²) in [5.41, 5.74) is 2.15. The van der Waals surface area contributed by atoms with E-state index in [0.29, 0.717) is 5.02 Å². The Bertz CT molecular complexity index is 1090. The average Bonchev–Trinajstić information content (AvgIpc) is 2.74. The molecule has 2 aromatic carbocycles. The third-order valence-corrected chi connectivity index (χ3v) is 6.75. The van der Waals surface area contributed by atoms with Crippen molar-refractivity contribution in [2.75, 3.05) is 17.1 Å². The van der Waals surface area contributed by atoms with Crippen LogP contribution in [0.2, 0.25) is 5.02 Å². The van der Waals surface area contributed by atoms with E-state index in [1.54, 1.807) is 25.1 Å². The van der Waals surface area contributed by atoms with Gasteiger partial charge in [0.05, 0.1) is 11.9 Å². The molecule has 0 fully saturated rings. The summed E-state index contributed by atoms with van der Waals surface area (Å²) in [7, 11) is -3.79. The van der Waals surface area contributed by atoms with Crippen LogP contribution in [0, 0.1) is 6.92 Å². The number of hydrogen-bond donors (Lipinski definition) is 1. The average molecular weight is 494 g/mol. The number of rotatable bonds is 10. The van der Waals surface area contributed by atoms with E-state index in [1.165, 1.54) is 11.0 Å². The highest BCUT2D eigenvalue weighted by molar-refractivity contribution is 7.92. The summed E-state index contributed by atoms with van der Waals surface area (Å²) in [6.07, 6.45) is 1.78. The van der Waals surface area contributed by atoms with Gasteiger partial charge in [0.25, 0.3) is 0 Å². The molecule has 2 atom stereocenters. The number of carbonyl (C=O) groups is 2. The quantitative estimate of drug-likeness (QED) is 0.546. The van der Waals surface area contributed by atoms with E-state index in [0.717, 1.165) is 28.1 Å². The molecule has 0 spiro atoms. The molecule has 0 heterocycles. The van der Waals surface area contributed by atoms with Gasteiger partial charge in [-0.2, -0.15) is 0 Å². The van der Waals surface area contributed by atoms with Crippen molar-refractivity contribution in [3.05, 3.63) is 64.7 Å². The standard InChI is InChI=1S/C24H32ClN3O4S/c1-6-18(3)26-24(30)19(4)27(15-20-10-7-9-17(2)13-20)23(29)16-28(33(5,31)32)22-12-8-11-21(25)14-22/h7-14,18-19H,6,15-16H2,1-5H3,(H,26,30)/t18-,19-/m0/s1. The lowest BCUT2D eigenvalue weighted by molar-refractivity contribution is -0.139. The summed E-state index contributed by atoms with van der Waals surface area (Å²) in [5.74, 6) is -0.785. The first-order valence-electron chi connectivity index (χ1n) is 10.8. The number of aryl methyl sites for hydroxylation is 1. The monoisotopic (exact) mass is 493 g/mol. The van der Waals surface area contributed by atoms with Crippen LogP contribution < -0.4 is 9.62 Å². The Labute approximate surface area is 201 Å². The zero-order chi connectivity index (χ0) is 24.8. The van der Waals surface area contributed by atoms with Gasteiger partial charge in [-0.3, -0.25) is 13.9 Å². The van der Waals surface area contributed by atoms with Gasteiger partial charge >= 0.3 is 0 Å². The molecular weight excluding hydrogens is 462 g/mol. The van der Waals surface area contributed by atoms with Crippen molar-refractivity contribution in [2.45, 2.75) is 52.7 Å². The number of nitrogens with zero attached hydrogens (tertiary/aromatic N) is 2. The van der Waals surface area contributed by atoms with Crippen LogP contribution in [-0.4, -0.2) is 50.0 Å². The first-order chi connectivity index (χ1) is 15.4. The normalized spacial score (nSPS) is 13.2. The molecule has 0 radical (unpaired) electrons. The van der Waals surface area contributed by atoms with Crippen LogP contribution in [0.5, 0.6) is 0 Å². The number of benzene rings is 2.